The number of anilines is 1. The average molecular weight is 309 g/mol. The van der Waals surface area contributed by atoms with E-state index in [1.165, 1.54) is 35.3 Å². The molecule has 2 rings (SSSR count). The molecule has 110 valence electrons. The number of methoxy groups -OCH3 is 1. The molecule has 0 bridgehead atoms. The molecule has 21 heavy (non-hydrogen) atoms. The van der Waals surface area contributed by atoms with Crippen molar-refractivity contribution >= 4 is 23.2 Å². The summed E-state index contributed by atoms with van der Waals surface area (Å²) in [5.74, 6) is -0.457. The van der Waals surface area contributed by atoms with Crippen molar-refractivity contribution in [3.63, 3.8) is 0 Å². The molecule has 7 nitrogen and oxygen atoms in total. The Morgan fingerprint density at radius 2 is 2.24 bits per heavy atom. The van der Waals surface area contributed by atoms with Crippen LogP contribution in [0.2, 0.25) is 5.15 Å². The highest BCUT2D eigenvalue weighted by molar-refractivity contribution is 6.29. The molecule has 0 aliphatic rings. The number of hydrogen-bond acceptors (Lipinski definition) is 5. The van der Waals surface area contributed by atoms with Gasteiger partial charge in [-0.05, 0) is 6.07 Å². The van der Waals surface area contributed by atoms with Gasteiger partial charge in [-0.25, -0.2) is 4.98 Å². The van der Waals surface area contributed by atoms with Crippen LogP contribution in [-0.2, 0) is 11.3 Å². The Morgan fingerprint density at radius 3 is 2.95 bits per heavy atom. The molecule has 0 unspecified atom stereocenters. The van der Waals surface area contributed by atoms with Gasteiger partial charge in [0, 0.05) is 25.9 Å². The zero-order valence-electron chi connectivity index (χ0n) is 11.2. The normalized spacial score (nSPS) is 10.4. The van der Waals surface area contributed by atoms with E-state index in [1.807, 2.05) is 0 Å². The van der Waals surface area contributed by atoms with Gasteiger partial charge in [-0.1, -0.05) is 11.6 Å². The lowest BCUT2D eigenvalue weighted by Crippen LogP contribution is -2.22. The molecule has 0 fully saturated rings. The van der Waals surface area contributed by atoms with E-state index in [-0.39, 0.29) is 16.4 Å². The van der Waals surface area contributed by atoms with Gasteiger partial charge in [0.1, 0.15) is 10.8 Å². The number of hydrogen-bond donors (Lipinski definition) is 1. The van der Waals surface area contributed by atoms with E-state index in [0.29, 0.717) is 18.8 Å². The molecule has 0 spiro atoms. The lowest BCUT2D eigenvalue weighted by Gasteiger charge is -2.08. The minimum atomic E-state index is -0.457. The fourth-order valence-corrected chi connectivity index (χ4v) is 1.76. The van der Waals surface area contributed by atoms with Gasteiger partial charge in [-0.15, -0.1) is 0 Å². The third kappa shape index (κ3) is 4.11. The van der Waals surface area contributed by atoms with Crippen LogP contribution < -0.4 is 10.9 Å². The van der Waals surface area contributed by atoms with Crippen LogP contribution in [0.3, 0.4) is 0 Å². The van der Waals surface area contributed by atoms with Gasteiger partial charge < -0.3 is 14.6 Å². The second-order valence-corrected chi connectivity index (χ2v) is 4.51. The molecule has 1 amide bonds. The second-order valence-electron chi connectivity index (χ2n) is 4.12. The predicted octanol–water partition coefficient (Wildman–Crippen LogP) is 1.19. The largest absolute Gasteiger partial charge is 0.383 e. The Hall–Kier alpha value is -2.25. The quantitative estimate of drug-likeness (QED) is 0.896. The maximum atomic E-state index is 12.0. The summed E-state index contributed by atoms with van der Waals surface area (Å²) < 4.78 is 6.37. The van der Waals surface area contributed by atoms with E-state index in [0.717, 1.165) is 0 Å². The smallest absolute Gasteiger partial charge is 0.275 e. The van der Waals surface area contributed by atoms with Crippen LogP contribution in [0.25, 0.3) is 0 Å². The van der Waals surface area contributed by atoms with E-state index in [4.69, 9.17) is 16.3 Å². The molecule has 0 aliphatic heterocycles. The molecule has 0 atom stereocenters. The van der Waals surface area contributed by atoms with Crippen molar-refractivity contribution in [1.82, 2.24) is 14.5 Å². The maximum absolute atomic E-state index is 12.0. The van der Waals surface area contributed by atoms with Crippen molar-refractivity contribution in [2.24, 2.45) is 0 Å². The Balaban J connectivity index is 2.16. The Kier molecular flexibility index (Phi) is 5.02. The fourth-order valence-electron chi connectivity index (χ4n) is 1.62. The third-order valence-electron chi connectivity index (χ3n) is 2.62. The molecule has 2 heterocycles. The van der Waals surface area contributed by atoms with E-state index in [9.17, 15) is 9.59 Å². The first-order valence-electron chi connectivity index (χ1n) is 6.08. The molecular formula is C13H13ClN4O3. The van der Waals surface area contributed by atoms with Crippen LogP contribution in [-0.4, -0.2) is 34.2 Å². The summed E-state index contributed by atoms with van der Waals surface area (Å²) >= 11 is 5.68. The van der Waals surface area contributed by atoms with Crippen LogP contribution in [0.1, 0.15) is 10.5 Å². The maximum Gasteiger partial charge on any atom is 0.275 e. The van der Waals surface area contributed by atoms with E-state index < -0.39 is 5.91 Å². The first-order chi connectivity index (χ1) is 10.1. The zero-order valence-corrected chi connectivity index (χ0v) is 12.0. The Labute approximate surface area is 125 Å². The molecule has 8 heteroatoms. The monoisotopic (exact) mass is 308 g/mol. The minimum absolute atomic E-state index is 0.0946. The number of aromatic nitrogens is 3. The minimum Gasteiger partial charge on any atom is -0.383 e. The lowest BCUT2D eigenvalue weighted by atomic mass is 10.3. The molecule has 0 aliphatic carbocycles. The molecule has 0 saturated heterocycles. The third-order valence-corrected chi connectivity index (χ3v) is 2.80. The second kappa shape index (κ2) is 6.96. The summed E-state index contributed by atoms with van der Waals surface area (Å²) in [6.07, 6.45) is 4.18. The van der Waals surface area contributed by atoms with Crippen molar-refractivity contribution in [2.75, 3.05) is 19.0 Å². The highest BCUT2D eigenvalue weighted by Gasteiger charge is 2.09. The van der Waals surface area contributed by atoms with Crippen LogP contribution >= 0.6 is 11.6 Å². The van der Waals surface area contributed by atoms with Gasteiger partial charge in [0.15, 0.2) is 0 Å². The van der Waals surface area contributed by atoms with Crippen LogP contribution in [0.15, 0.2) is 35.5 Å². The number of ether oxygens (including phenoxy) is 1. The van der Waals surface area contributed by atoms with E-state index >= 15 is 0 Å². The number of amides is 1. The highest BCUT2D eigenvalue weighted by Crippen LogP contribution is 2.07. The zero-order chi connectivity index (χ0) is 15.2. The van der Waals surface area contributed by atoms with Crippen molar-refractivity contribution in [2.45, 2.75) is 6.54 Å². The van der Waals surface area contributed by atoms with Crippen LogP contribution in [0, 0.1) is 0 Å². The number of nitrogens with one attached hydrogen (secondary N) is 1. The highest BCUT2D eigenvalue weighted by atomic mass is 35.5. The summed E-state index contributed by atoms with van der Waals surface area (Å²) in [6.45, 7) is 0.799. The molecule has 0 saturated carbocycles. The molecule has 0 radical (unpaired) electrons. The van der Waals surface area contributed by atoms with Gasteiger partial charge in [0.2, 0.25) is 0 Å². The summed E-state index contributed by atoms with van der Waals surface area (Å²) in [5.41, 5.74) is 0.391. The van der Waals surface area contributed by atoms with Gasteiger partial charge in [-0.2, -0.15) is 0 Å². The topological polar surface area (TPSA) is 86.1 Å². The molecule has 0 aromatic carbocycles. The molecule has 2 aromatic rings. The first-order valence-corrected chi connectivity index (χ1v) is 6.46. The van der Waals surface area contributed by atoms with E-state index in [2.05, 4.69) is 15.3 Å². The van der Waals surface area contributed by atoms with Gasteiger partial charge >= 0.3 is 0 Å². The number of nitrogens with zero attached hydrogens (tertiary/aromatic N) is 3. The Bertz CT molecular complexity index is 702. The summed E-state index contributed by atoms with van der Waals surface area (Å²) in [6, 6.07) is 2.89. The fraction of sp³-hybridized carbons (Fsp3) is 0.231. The number of carbonyl (C=O) groups is 1. The van der Waals surface area contributed by atoms with Crippen molar-refractivity contribution < 1.29 is 9.53 Å². The lowest BCUT2D eigenvalue weighted by molar-refractivity contribution is 0.102. The molecular weight excluding hydrogens is 296 g/mol. The van der Waals surface area contributed by atoms with Gasteiger partial charge in [0.05, 0.1) is 24.7 Å². The summed E-state index contributed by atoms with van der Waals surface area (Å²) in [5, 5.41) is 2.76. The number of rotatable bonds is 5. The van der Waals surface area contributed by atoms with Gasteiger partial charge in [-0.3, -0.25) is 14.6 Å². The van der Waals surface area contributed by atoms with Crippen molar-refractivity contribution in [3.8, 4) is 0 Å². The number of pyridine rings is 1. The molecule has 1 N–H and O–H groups in total. The summed E-state index contributed by atoms with van der Waals surface area (Å²) in [4.78, 5) is 31.3. The van der Waals surface area contributed by atoms with E-state index in [1.54, 1.807) is 7.11 Å². The first kappa shape index (κ1) is 15.1. The SMILES string of the molecule is COCCn1cc(NC(=O)c2cncc(Cl)n2)ccc1=O. The van der Waals surface area contributed by atoms with Crippen molar-refractivity contribution in [1.29, 1.82) is 0 Å². The van der Waals surface area contributed by atoms with Gasteiger partial charge in [0.25, 0.3) is 11.5 Å². The van der Waals surface area contributed by atoms with Crippen molar-refractivity contribution in [3.05, 3.63) is 51.9 Å². The summed E-state index contributed by atoms with van der Waals surface area (Å²) in [7, 11) is 1.55. The average Bonchev–Trinajstić information content (AvgIpc) is 2.47. The Morgan fingerprint density at radius 1 is 1.43 bits per heavy atom. The number of halogens is 1. The number of carbonyl (C=O) groups excluding carboxylic acids is 1. The standard InChI is InChI=1S/C13H13ClN4O3/c1-21-5-4-18-8-9(2-3-12(18)19)16-13(20)10-6-15-7-11(14)17-10/h2-3,6-8H,4-5H2,1H3,(H,16,20). The van der Waals surface area contributed by atoms with Crippen LogP contribution in [0.4, 0.5) is 5.69 Å². The predicted molar refractivity (Wildman–Crippen MR) is 77.6 cm³/mol. The van der Waals surface area contributed by atoms with Crippen LogP contribution in [0.5, 0.6) is 0 Å². The molecule has 2 aromatic heterocycles.